The molecule has 1 atom stereocenters. The molecule has 0 aliphatic carbocycles. The third-order valence-corrected chi connectivity index (χ3v) is 5.86. The molecular formula is C21H22N2O3S. The van der Waals surface area contributed by atoms with Crippen LogP contribution in [0.3, 0.4) is 0 Å². The molecule has 0 aliphatic rings. The molecule has 0 radical (unpaired) electrons. The summed E-state index contributed by atoms with van der Waals surface area (Å²) in [4.78, 5) is 12.9. The van der Waals surface area contributed by atoms with Crippen molar-refractivity contribution in [3.63, 3.8) is 0 Å². The number of nitriles is 1. The first-order valence-corrected chi connectivity index (χ1v) is 10.0. The van der Waals surface area contributed by atoms with Gasteiger partial charge in [0.05, 0.1) is 22.4 Å². The van der Waals surface area contributed by atoms with E-state index in [9.17, 15) is 13.2 Å². The quantitative estimate of drug-likeness (QED) is 0.773. The first kappa shape index (κ1) is 20.4. The minimum atomic E-state index is -3.66. The van der Waals surface area contributed by atoms with Gasteiger partial charge < -0.3 is 5.32 Å². The van der Waals surface area contributed by atoms with Gasteiger partial charge in [0.2, 0.25) is 15.7 Å². The number of hydrogen-bond donors (Lipinski definition) is 1. The van der Waals surface area contributed by atoms with Gasteiger partial charge in [0.15, 0.2) is 0 Å². The largest absolute Gasteiger partial charge is 0.349 e. The molecule has 0 saturated heterocycles. The molecule has 5 nitrogen and oxygen atoms in total. The first-order valence-electron chi connectivity index (χ1n) is 8.46. The number of rotatable bonds is 6. The van der Waals surface area contributed by atoms with Crippen molar-refractivity contribution in [3.05, 3.63) is 77.2 Å². The van der Waals surface area contributed by atoms with Gasteiger partial charge in [-0.15, -0.1) is 0 Å². The van der Waals surface area contributed by atoms with Crippen molar-refractivity contribution >= 4 is 15.7 Å². The Balaban J connectivity index is 2.19. The van der Waals surface area contributed by atoms with E-state index in [1.807, 2.05) is 37.3 Å². The van der Waals surface area contributed by atoms with Crippen LogP contribution >= 0.6 is 0 Å². The number of sulfone groups is 1. The molecular weight excluding hydrogens is 360 g/mol. The SMILES string of the molecule is C[C@@H](NC(=O)C(C)(C)c1ccc(S(=O)(=O)/C=C/C#N)cc1)c1ccccc1. The van der Waals surface area contributed by atoms with Crippen LogP contribution in [-0.2, 0) is 20.0 Å². The molecule has 0 bridgehead atoms. The van der Waals surface area contributed by atoms with Gasteiger partial charge in [-0.1, -0.05) is 42.5 Å². The Morgan fingerprint density at radius 1 is 1.11 bits per heavy atom. The van der Waals surface area contributed by atoms with Crippen LogP contribution in [-0.4, -0.2) is 14.3 Å². The van der Waals surface area contributed by atoms with E-state index >= 15 is 0 Å². The van der Waals surface area contributed by atoms with E-state index in [1.165, 1.54) is 12.1 Å². The lowest BCUT2D eigenvalue weighted by atomic mass is 9.83. The second-order valence-corrected chi connectivity index (χ2v) is 8.57. The summed E-state index contributed by atoms with van der Waals surface area (Å²) in [5.41, 5.74) is 0.865. The van der Waals surface area contributed by atoms with Gasteiger partial charge in [-0.3, -0.25) is 4.79 Å². The van der Waals surface area contributed by atoms with Crippen molar-refractivity contribution in [1.29, 1.82) is 5.26 Å². The van der Waals surface area contributed by atoms with Gasteiger partial charge in [-0.05, 0) is 44.0 Å². The summed E-state index contributed by atoms with van der Waals surface area (Å²) in [7, 11) is -3.66. The minimum absolute atomic E-state index is 0.0756. The van der Waals surface area contributed by atoms with Crippen LogP contribution in [0, 0.1) is 11.3 Å². The summed E-state index contributed by atoms with van der Waals surface area (Å²) >= 11 is 0. The maximum atomic E-state index is 12.8. The predicted octanol–water partition coefficient (Wildman–Crippen LogP) is 3.65. The zero-order valence-electron chi connectivity index (χ0n) is 15.5. The Labute approximate surface area is 160 Å². The van der Waals surface area contributed by atoms with E-state index in [1.54, 1.807) is 32.0 Å². The van der Waals surface area contributed by atoms with Crippen LogP contribution in [0.1, 0.15) is 37.9 Å². The van der Waals surface area contributed by atoms with Crippen LogP contribution in [0.5, 0.6) is 0 Å². The van der Waals surface area contributed by atoms with Gasteiger partial charge in [0, 0.05) is 11.5 Å². The molecule has 27 heavy (non-hydrogen) atoms. The molecule has 6 heteroatoms. The number of amides is 1. The highest BCUT2D eigenvalue weighted by molar-refractivity contribution is 7.94. The van der Waals surface area contributed by atoms with Crippen LogP contribution in [0.2, 0.25) is 0 Å². The number of carbonyl (C=O) groups excluding carboxylic acids is 1. The molecule has 1 amide bonds. The topological polar surface area (TPSA) is 87.0 Å². The zero-order chi connectivity index (χ0) is 20.1. The number of hydrogen-bond acceptors (Lipinski definition) is 4. The van der Waals surface area contributed by atoms with E-state index in [4.69, 9.17) is 5.26 Å². The fourth-order valence-corrected chi connectivity index (χ4v) is 3.51. The summed E-state index contributed by atoms with van der Waals surface area (Å²) in [5.74, 6) is -0.154. The summed E-state index contributed by atoms with van der Waals surface area (Å²) in [6.45, 7) is 5.50. The number of allylic oxidation sites excluding steroid dienone is 1. The molecule has 0 unspecified atom stereocenters. The fraction of sp³-hybridized carbons (Fsp3) is 0.238. The van der Waals surface area contributed by atoms with E-state index in [0.717, 1.165) is 17.0 Å². The Morgan fingerprint density at radius 3 is 2.26 bits per heavy atom. The third kappa shape index (κ3) is 4.83. The van der Waals surface area contributed by atoms with Gasteiger partial charge in [0.25, 0.3) is 0 Å². The second-order valence-electron chi connectivity index (χ2n) is 6.73. The van der Waals surface area contributed by atoms with Crippen LogP contribution in [0.4, 0.5) is 0 Å². The summed E-state index contributed by atoms with van der Waals surface area (Å²) < 4.78 is 24.1. The Hall–Kier alpha value is -2.91. The van der Waals surface area contributed by atoms with E-state index in [-0.39, 0.29) is 16.8 Å². The molecule has 0 spiro atoms. The van der Waals surface area contributed by atoms with Gasteiger partial charge in [-0.25, -0.2) is 8.42 Å². The lowest BCUT2D eigenvalue weighted by Gasteiger charge is -2.27. The molecule has 140 valence electrons. The number of nitrogens with zero attached hydrogens (tertiary/aromatic N) is 1. The van der Waals surface area contributed by atoms with Crippen LogP contribution in [0.25, 0.3) is 0 Å². The van der Waals surface area contributed by atoms with Crippen molar-refractivity contribution < 1.29 is 13.2 Å². The highest BCUT2D eigenvalue weighted by atomic mass is 32.2. The van der Waals surface area contributed by atoms with Crippen molar-refractivity contribution in [2.45, 2.75) is 37.1 Å². The zero-order valence-corrected chi connectivity index (χ0v) is 16.3. The van der Waals surface area contributed by atoms with E-state index < -0.39 is 15.3 Å². The van der Waals surface area contributed by atoms with Gasteiger partial charge in [0.1, 0.15) is 0 Å². The normalized spacial score (nSPS) is 13.1. The first-order chi connectivity index (χ1) is 12.7. The maximum Gasteiger partial charge on any atom is 0.230 e. The number of benzene rings is 2. The molecule has 2 aromatic rings. The van der Waals surface area contributed by atoms with Gasteiger partial charge >= 0.3 is 0 Å². The minimum Gasteiger partial charge on any atom is -0.349 e. The highest BCUT2D eigenvalue weighted by Crippen LogP contribution is 2.26. The lowest BCUT2D eigenvalue weighted by molar-refractivity contribution is -0.126. The monoisotopic (exact) mass is 382 g/mol. The Bertz CT molecular complexity index is 970. The number of carbonyl (C=O) groups is 1. The molecule has 2 rings (SSSR count). The maximum absolute atomic E-state index is 12.8. The average molecular weight is 382 g/mol. The van der Waals surface area contributed by atoms with Crippen molar-refractivity contribution in [1.82, 2.24) is 5.32 Å². The third-order valence-electron chi connectivity index (χ3n) is 4.44. The molecule has 0 aromatic heterocycles. The average Bonchev–Trinajstić information content (AvgIpc) is 2.67. The molecule has 0 fully saturated rings. The Morgan fingerprint density at radius 2 is 1.70 bits per heavy atom. The Kier molecular flexibility index (Phi) is 6.19. The van der Waals surface area contributed by atoms with Crippen molar-refractivity contribution in [2.75, 3.05) is 0 Å². The van der Waals surface area contributed by atoms with Gasteiger partial charge in [-0.2, -0.15) is 5.26 Å². The smallest absolute Gasteiger partial charge is 0.230 e. The molecule has 0 saturated carbocycles. The summed E-state index contributed by atoms with van der Waals surface area (Å²) in [6.07, 6.45) is 0.922. The number of nitrogens with one attached hydrogen (secondary N) is 1. The summed E-state index contributed by atoms with van der Waals surface area (Å²) in [6, 6.07) is 17.3. The van der Waals surface area contributed by atoms with Crippen LogP contribution in [0.15, 0.2) is 71.0 Å². The predicted molar refractivity (Wildman–Crippen MR) is 104 cm³/mol. The van der Waals surface area contributed by atoms with Crippen molar-refractivity contribution in [2.24, 2.45) is 0 Å². The van der Waals surface area contributed by atoms with Crippen molar-refractivity contribution in [3.8, 4) is 6.07 Å². The fourth-order valence-electron chi connectivity index (χ4n) is 2.59. The van der Waals surface area contributed by atoms with E-state index in [0.29, 0.717) is 5.56 Å². The molecule has 1 N–H and O–H groups in total. The highest BCUT2D eigenvalue weighted by Gasteiger charge is 2.31. The molecule has 0 heterocycles. The standard InChI is InChI=1S/C21H22N2O3S/c1-16(17-8-5-4-6-9-17)23-20(24)21(2,3)18-10-12-19(13-11-18)27(25,26)15-7-14-22/h4-13,15-16H,1-3H3,(H,23,24)/b15-7+/t16-/m1/s1. The summed E-state index contributed by atoms with van der Waals surface area (Å²) in [5, 5.41) is 12.4. The molecule has 0 aliphatic heterocycles. The van der Waals surface area contributed by atoms with Crippen LogP contribution < -0.4 is 5.32 Å². The molecule has 2 aromatic carbocycles. The lowest BCUT2D eigenvalue weighted by Crippen LogP contribution is -2.41. The van der Waals surface area contributed by atoms with E-state index in [2.05, 4.69) is 5.32 Å². The second kappa shape index (κ2) is 8.19.